The van der Waals surface area contributed by atoms with Crippen molar-refractivity contribution in [3.05, 3.63) is 65.5 Å². The molecule has 2 amide bonds. The number of aryl methyl sites for hydroxylation is 1. The molecule has 1 heterocycles. The van der Waals surface area contributed by atoms with Gasteiger partial charge in [-0.25, -0.2) is 4.39 Å². The molecule has 0 unspecified atom stereocenters. The standard InChI is InChI=1S/C19H19FN2O2/c1-13-5-2-8-16(11-13)21-18(23)17-9-4-10-22(17)19(24)14-6-3-7-15(20)12-14/h2-3,5-8,11-12,17H,4,9-10H2,1H3,(H,21,23)/t17-/m0/s1. The number of nitrogens with one attached hydrogen (secondary N) is 1. The molecule has 2 aromatic rings. The van der Waals surface area contributed by atoms with Crippen molar-refractivity contribution in [2.24, 2.45) is 0 Å². The minimum absolute atomic E-state index is 0.206. The molecule has 0 spiro atoms. The summed E-state index contributed by atoms with van der Waals surface area (Å²) < 4.78 is 13.3. The van der Waals surface area contributed by atoms with Gasteiger partial charge in [0.25, 0.3) is 5.91 Å². The van der Waals surface area contributed by atoms with Crippen LogP contribution >= 0.6 is 0 Å². The van der Waals surface area contributed by atoms with Gasteiger partial charge in [-0.15, -0.1) is 0 Å². The first kappa shape index (κ1) is 16.2. The van der Waals surface area contributed by atoms with E-state index in [-0.39, 0.29) is 17.4 Å². The SMILES string of the molecule is Cc1cccc(NC(=O)[C@@H]2CCCN2C(=O)c2cccc(F)c2)c1. The van der Waals surface area contributed by atoms with E-state index < -0.39 is 11.9 Å². The van der Waals surface area contributed by atoms with E-state index in [1.807, 2.05) is 31.2 Å². The molecule has 1 atom stereocenters. The average Bonchev–Trinajstić information content (AvgIpc) is 3.04. The van der Waals surface area contributed by atoms with E-state index in [2.05, 4.69) is 5.32 Å². The maximum atomic E-state index is 13.3. The van der Waals surface area contributed by atoms with Gasteiger partial charge in [0.05, 0.1) is 0 Å². The van der Waals surface area contributed by atoms with Gasteiger partial charge in [-0.1, -0.05) is 18.2 Å². The van der Waals surface area contributed by atoms with Gasteiger partial charge in [-0.3, -0.25) is 9.59 Å². The number of halogens is 1. The van der Waals surface area contributed by atoms with Gasteiger partial charge >= 0.3 is 0 Å². The molecular formula is C19H19FN2O2. The first-order valence-corrected chi connectivity index (χ1v) is 7.98. The Morgan fingerprint density at radius 3 is 2.71 bits per heavy atom. The number of carbonyl (C=O) groups is 2. The van der Waals surface area contributed by atoms with Crippen LogP contribution in [0.2, 0.25) is 0 Å². The number of likely N-dealkylation sites (tertiary alicyclic amines) is 1. The molecule has 1 aliphatic heterocycles. The molecule has 0 saturated carbocycles. The molecule has 4 nitrogen and oxygen atoms in total. The summed E-state index contributed by atoms with van der Waals surface area (Å²) in [5.41, 5.74) is 2.03. The molecule has 1 fully saturated rings. The van der Waals surface area contributed by atoms with Crippen LogP contribution in [0.25, 0.3) is 0 Å². The van der Waals surface area contributed by atoms with E-state index in [1.54, 1.807) is 6.07 Å². The summed E-state index contributed by atoms with van der Waals surface area (Å²) in [6.45, 7) is 2.45. The molecule has 0 bridgehead atoms. The first-order valence-electron chi connectivity index (χ1n) is 7.98. The Morgan fingerprint density at radius 1 is 1.17 bits per heavy atom. The zero-order chi connectivity index (χ0) is 17.1. The molecule has 0 radical (unpaired) electrons. The zero-order valence-corrected chi connectivity index (χ0v) is 13.5. The van der Waals surface area contributed by atoms with Crippen molar-refractivity contribution < 1.29 is 14.0 Å². The quantitative estimate of drug-likeness (QED) is 0.940. The van der Waals surface area contributed by atoms with E-state index in [4.69, 9.17) is 0 Å². The molecule has 3 rings (SSSR count). The molecule has 0 aromatic heterocycles. The fraction of sp³-hybridized carbons (Fsp3) is 0.263. The van der Waals surface area contributed by atoms with Crippen molar-refractivity contribution in [1.82, 2.24) is 4.90 Å². The van der Waals surface area contributed by atoms with E-state index in [1.165, 1.54) is 23.1 Å². The number of anilines is 1. The lowest BCUT2D eigenvalue weighted by Gasteiger charge is -2.24. The lowest BCUT2D eigenvalue weighted by atomic mass is 10.1. The van der Waals surface area contributed by atoms with Crippen molar-refractivity contribution in [3.8, 4) is 0 Å². The lowest BCUT2D eigenvalue weighted by molar-refractivity contribution is -0.119. The summed E-state index contributed by atoms with van der Waals surface area (Å²) in [5.74, 6) is -0.972. The Hall–Kier alpha value is -2.69. The normalized spacial score (nSPS) is 16.9. The Balaban J connectivity index is 1.75. The van der Waals surface area contributed by atoms with Crippen molar-refractivity contribution >= 4 is 17.5 Å². The Morgan fingerprint density at radius 2 is 1.96 bits per heavy atom. The Labute approximate surface area is 140 Å². The van der Waals surface area contributed by atoms with Crippen LogP contribution in [-0.4, -0.2) is 29.3 Å². The molecular weight excluding hydrogens is 307 g/mol. The van der Waals surface area contributed by atoms with Crippen molar-refractivity contribution in [2.75, 3.05) is 11.9 Å². The van der Waals surface area contributed by atoms with E-state index in [0.717, 1.165) is 12.0 Å². The number of benzene rings is 2. The highest BCUT2D eigenvalue weighted by molar-refractivity contribution is 6.01. The van der Waals surface area contributed by atoms with Crippen LogP contribution < -0.4 is 5.32 Å². The minimum Gasteiger partial charge on any atom is -0.327 e. The van der Waals surface area contributed by atoms with Crippen LogP contribution in [0, 0.1) is 12.7 Å². The number of amides is 2. The van der Waals surface area contributed by atoms with E-state index in [0.29, 0.717) is 18.7 Å². The van der Waals surface area contributed by atoms with Crippen LogP contribution in [0.5, 0.6) is 0 Å². The minimum atomic E-state index is -0.527. The number of rotatable bonds is 3. The van der Waals surface area contributed by atoms with Crippen LogP contribution in [-0.2, 0) is 4.79 Å². The molecule has 1 N–H and O–H groups in total. The number of nitrogens with zero attached hydrogens (tertiary/aromatic N) is 1. The second-order valence-corrected chi connectivity index (χ2v) is 6.03. The van der Waals surface area contributed by atoms with Crippen molar-refractivity contribution in [2.45, 2.75) is 25.8 Å². The third-order valence-corrected chi connectivity index (χ3v) is 4.17. The highest BCUT2D eigenvalue weighted by Crippen LogP contribution is 2.22. The second-order valence-electron chi connectivity index (χ2n) is 6.03. The summed E-state index contributed by atoms with van der Waals surface area (Å²) in [4.78, 5) is 26.7. The number of hydrogen-bond donors (Lipinski definition) is 1. The van der Waals surface area contributed by atoms with Gasteiger partial charge in [0, 0.05) is 17.8 Å². The summed E-state index contributed by atoms with van der Waals surface area (Å²) in [6, 6.07) is 12.6. The number of carbonyl (C=O) groups excluding carboxylic acids is 2. The van der Waals surface area contributed by atoms with Gasteiger partial charge < -0.3 is 10.2 Å². The molecule has 1 aliphatic rings. The monoisotopic (exact) mass is 326 g/mol. The summed E-state index contributed by atoms with van der Waals surface area (Å²) in [7, 11) is 0. The Bertz CT molecular complexity index is 775. The van der Waals surface area contributed by atoms with Crippen LogP contribution in [0.4, 0.5) is 10.1 Å². The third kappa shape index (κ3) is 3.45. The molecule has 24 heavy (non-hydrogen) atoms. The van der Waals surface area contributed by atoms with Gasteiger partial charge in [0.15, 0.2) is 0 Å². The van der Waals surface area contributed by atoms with Gasteiger partial charge in [0.1, 0.15) is 11.9 Å². The zero-order valence-electron chi connectivity index (χ0n) is 13.5. The Kier molecular flexibility index (Phi) is 4.60. The highest BCUT2D eigenvalue weighted by Gasteiger charge is 2.34. The average molecular weight is 326 g/mol. The molecule has 5 heteroatoms. The second kappa shape index (κ2) is 6.83. The predicted molar refractivity (Wildman–Crippen MR) is 90.3 cm³/mol. The fourth-order valence-corrected chi connectivity index (χ4v) is 3.02. The van der Waals surface area contributed by atoms with Crippen LogP contribution in [0.15, 0.2) is 48.5 Å². The molecule has 124 valence electrons. The fourth-order valence-electron chi connectivity index (χ4n) is 3.02. The molecule has 0 aliphatic carbocycles. The summed E-state index contributed by atoms with van der Waals surface area (Å²) in [5, 5.41) is 2.87. The van der Waals surface area contributed by atoms with Crippen molar-refractivity contribution in [1.29, 1.82) is 0 Å². The smallest absolute Gasteiger partial charge is 0.254 e. The molecule has 1 saturated heterocycles. The highest BCUT2D eigenvalue weighted by atomic mass is 19.1. The maximum absolute atomic E-state index is 13.3. The number of hydrogen-bond acceptors (Lipinski definition) is 2. The van der Waals surface area contributed by atoms with Gasteiger partial charge in [0.2, 0.25) is 5.91 Å². The van der Waals surface area contributed by atoms with E-state index in [9.17, 15) is 14.0 Å². The largest absolute Gasteiger partial charge is 0.327 e. The first-order chi connectivity index (χ1) is 11.5. The third-order valence-electron chi connectivity index (χ3n) is 4.17. The van der Waals surface area contributed by atoms with Crippen molar-refractivity contribution in [3.63, 3.8) is 0 Å². The topological polar surface area (TPSA) is 49.4 Å². The van der Waals surface area contributed by atoms with E-state index >= 15 is 0 Å². The maximum Gasteiger partial charge on any atom is 0.254 e. The summed E-state index contributed by atoms with van der Waals surface area (Å²) >= 11 is 0. The lowest BCUT2D eigenvalue weighted by Crippen LogP contribution is -2.43. The van der Waals surface area contributed by atoms with Gasteiger partial charge in [-0.05, 0) is 55.7 Å². The predicted octanol–water partition coefficient (Wildman–Crippen LogP) is 3.38. The van der Waals surface area contributed by atoms with Crippen LogP contribution in [0.3, 0.4) is 0 Å². The summed E-state index contributed by atoms with van der Waals surface area (Å²) in [6.07, 6.45) is 1.37. The van der Waals surface area contributed by atoms with Crippen LogP contribution in [0.1, 0.15) is 28.8 Å². The molecule has 2 aromatic carbocycles. The van der Waals surface area contributed by atoms with Gasteiger partial charge in [-0.2, -0.15) is 0 Å².